The molecule has 0 atom stereocenters. The number of hydrogen-bond donors (Lipinski definition) is 0. The molecule has 1 saturated carbocycles. The molecule has 22 heavy (non-hydrogen) atoms. The number of para-hydroxylation sites is 1. The van der Waals surface area contributed by atoms with E-state index >= 15 is 0 Å². The Morgan fingerprint density at radius 2 is 1.82 bits per heavy atom. The lowest BCUT2D eigenvalue weighted by Gasteiger charge is -2.23. The number of hydrogen-bond acceptors (Lipinski definition) is 2. The number of benzene rings is 2. The highest BCUT2D eigenvalue weighted by molar-refractivity contribution is 5.33. The standard InChI is InChI=1S/C18H19F2NO/c1-22-18-5-3-2-4-14(18)12-21(15-7-8-15)11-13-6-9-16(19)17(20)10-13/h2-6,9-10,15H,7-8,11-12H2,1H3. The molecular formula is C18H19F2NO. The molecule has 0 radical (unpaired) electrons. The fraction of sp³-hybridized carbons (Fsp3) is 0.333. The highest BCUT2D eigenvalue weighted by Gasteiger charge is 2.29. The molecule has 1 fully saturated rings. The van der Waals surface area contributed by atoms with E-state index < -0.39 is 11.6 Å². The Bertz CT molecular complexity index is 655. The van der Waals surface area contributed by atoms with Gasteiger partial charge in [-0.25, -0.2) is 8.78 Å². The maximum atomic E-state index is 13.4. The van der Waals surface area contributed by atoms with Crippen molar-refractivity contribution >= 4 is 0 Å². The summed E-state index contributed by atoms with van der Waals surface area (Å²) in [4.78, 5) is 2.30. The van der Waals surface area contributed by atoms with E-state index in [1.807, 2.05) is 24.3 Å². The van der Waals surface area contributed by atoms with E-state index in [9.17, 15) is 8.78 Å². The number of nitrogens with zero attached hydrogens (tertiary/aromatic N) is 1. The number of rotatable bonds is 6. The summed E-state index contributed by atoms with van der Waals surface area (Å²) < 4.78 is 31.8. The molecule has 0 heterocycles. The Morgan fingerprint density at radius 1 is 1.05 bits per heavy atom. The van der Waals surface area contributed by atoms with E-state index in [1.165, 1.54) is 12.1 Å². The van der Waals surface area contributed by atoms with Crippen LogP contribution in [0, 0.1) is 11.6 Å². The molecule has 0 aliphatic heterocycles. The van der Waals surface area contributed by atoms with Crippen LogP contribution in [0.1, 0.15) is 24.0 Å². The van der Waals surface area contributed by atoms with Crippen LogP contribution in [0.2, 0.25) is 0 Å². The highest BCUT2D eigenvalue weighted by atomic mass is 19.2. The van der Waals surface area contributed by atoms with Crippen molar-refractivity contribution in [2.45, 2.75) is 32.0 Å². The minimum atomic E-state index is -0.800. The van der Waals surface area contributed by atoms with Gasteiger partial charge < -0.3 is 4.74 Å². The zero-order valence-corrected chi connectivity index (χ0v) is 12.6. The predicted molar refractivity (Wildman–Crippen MR) is 81.6 cm³/mol. The van der Waals surface area contributed by atoms with E-state index in [2.05, 4.69) is 4.90 Å². The summed E-state index contributed by atoms with van der Waals surface area (Å²) in [6.45, 7) is 1.35. The first-order valence-electron chi connectivity index (χ1n) is 7.47. The Balaban J connectivity index is 1.77. The van der Waals surface area contributed by atoms with Crippen molar-refractivity contribution < 1.29 is 13.5 Å². The highest BCUT2D eigenvalue weighted by Crippen LogP contribution is 2.31. The third-order valence-corrected chi connectivity index (χ3v) is 4.00. The van der Waals surface area contributed by atoms with Crippen molar-refractivity contribution in [3.63, 3.8) is 0 Å². The zero-order valence-electron chi connectivity index (χ0n) is 12.6. The van der Waals surface area contributed by atoms with Gasteiger partial charge in [-0.3, -0.25) is 4.90 Å². The van der Waals surface area contributed by atoms with Gasteiger partial charge in [0, 0.05) is 24.7 Å². The van der Waals surface area contributed by atoms with Gasteiger partial charge in [-0.1, -0.05) is 24.3 Å². The summed E-state index contributed by atoms with van der Waals surface area (Å²) in [6, 6.07) is 12.6. The minimum Gasteiger partial charge on any atom is -0.496 e. The third kappa shape index (κ3) is 3.45. The van der Waals surface area contributed by atoms with Gasteiger partial charge >= 0.3 is 0 Å². The van der Waals surface area contributed by atoms with Gasteiger partial charge in [0.15, 0.2) is 11.6 Å². The first-order chi connectivity index (χ1) is 10.7. The maximum absolute atomic E-state index is 13.4. The first-order valence-corrected chi connectivity index (χ1v) is 7.47. The molecule has 0 N–H and O–H groups in total. The van der Waals surface area contributed by atoms with Crippen LogP contribution in [0.25, 0.3) is 0 Å². The van der Waals surface area contributed by atoms with Crippen LogP contribution in [0.4, 0.5) is 8.78 Å². The average molecular weight is 303 g/mol. The molecule has 0 spiro atoms. The van der Waals surface area contributed by atoms with Crippen molar-refractivity contribution in [1.82, 2.24) is 4.90 Å². The molecule has 2 nitrogen and oxygen atoms in total. The molecule has 0 amide bonds. The smallest absolute Gasteiger partial charge is 0.159 e. The molecule has 116 valence electrons. The van der Waals surface area contributed by atoms with Crippen LogP contribution in [0.5, 0.6) is 5.75 Å². The van der Waals surface area contributed by atoms with Crippen LogP contribution >= 0.6 is 0 Å². The molecule has 4 heteroatoms. The summed E-state index contributed by atoms with van der Waals surface area (Å²) in [7, 11) is 1.66. The second-order valence-electron chi connectivity index (χ2n) is 5.70. The molecule has 0 aromatic heterocycles. The summed E-state index contributed by atoms with van der Waals surface area (Å²) in [5.74, 6) is -0.726. The largest absolute Gasteiger partial charge is 0.496 e. The number of halogens is 2. The van der Waals surface area contributed by atoms with Gasteiger partial charge in [0.2, 0.25) is 0 Å². The Morgan fingerprint density at radius 3 is 2.50 bits per heavy atom. The van der Waals surface area contributed by atoms with Gasteiger partial charge in [0.1, 0.15) is 5.75 Å². The molecule has 0 bridgehead atoms. The Labute approximate surface area is 129 Å². The van der Waals surface area contributed by atoms with E-state index in [4.69, 9.17) is 4.74 Å². The molecule has 0 unspecified atom stereocenters. The molecule has 0 saturated heterocycles. The molecule has 3 rings (SSSR count). The summed E-state index contributed by atoms with van der Waals surface area (Å²) >= 11 is 0. The maximum Gasteiger partial charge on any atom is 0.159 e. The van der Waals surface area contributed by atoms with Crippen molar-refractivity contribution in [2.75, 3.05) is 7.11 Å². The van der Waals surface area contributed by atoms with E-state index in [1.54, 1.807) is 13.2 Å². The van der Waals surface area contributed by atoms with Crippen molar-refractivity contribution in [2.24, 2.45) is 0 Å². The summed E-state index contributed by atoms with van der Waals surface area (Å²) in [6.07, 6.45) is 2.30. The van der Waals surface area contributed by atoms with Crippen LogP contribution < -0.4 is 4.74 Å². The zero-order chi connectivity index (χ0) is 15.5. The lowest BCUT2D eigenvalue weighted by Crippen LogP contribution is -2.25. The molecular weight excluding hydrogens is 284 g/mol. The normalized spacial score (nSPS) is 14.4. The fourth-order valence-corrected chi connectivity index (χ4v) is 2.68. The SMILES string of the molecule is COc1ccccc1CN(Cc1ccc(F)c(F)c1)C1CC1. The van der Waals surface area contributed by atoms with Crippen LogP contribution in [-0.2, 0) is 13.1 Å². The third-order valence-electron chi connectivity index (χ3n) is 4.00. The summed E-state index contributed by atoms with van der Waals surface area (Å²) in [5.41, 5.74) is 1.90. The Kier molecular flexibility index (Phi) is 4.39. The van der Waals surface area contributed by atoms with Crippen LogP contribution in [0.3, 0.4) is 0 Å². The van der Waals surface area contributed by atoms with Crippen molar-refractivity contribution in [3.05, 3.63) is 65.2 Å². The van der Waals surface area contributed by atoms with Crippen LogP contribution in [-0.4, -0.2) is 18.1 Å². The van der Waals surface area contributed by atoms with E-state index in [0.29, 0.717) is 12.6 Å². The topological polar surface area (TPSA) is 12.5 Å². The fourth-order valence-electron chi connectivity index (χ4n) is 2.68. The lowest BCUT2D eigenvalue weighted by atomic mass is 10.1. The molecule has 2 aromatic carbocycles. The molecule has 1 aliphatic carbocycles. The first kappa shape index (κ1) is 15.0. The van der Waals surface area contributed by atoms with E-state index in [-0.39, 0.29) is 0 Å². The minimum absolute atomic E-state index is 0.512. The predicted octanol–water partition coefficient (Wildman–Crippen LogP) is 4.14. The number of methoxy groups -OCH3 is 1. The summed E-state index contributed by atoms with van der Waals surface area (Å²) in [5, 5.41) is 0. The second-order valence-corrected chi connectivity index (χ2v) is 5.70. The monoisotopic (exact) mass is 303 g/mol. The molecule has 2 aromatic rings. The average Bonchev–Trinajstić information content (AvgIpc) is 3.35. The van der Waals surface area contributed by atoms with E-state index in [0.717, 1.165) is 36.3 Å². The number of ether oxygens (including phenoxy) is 1. The quantitative estimate of drug-likeness (QED) is 0.795. The van der Waals surface area contributed by atoms with Gasteiger partial charge in [-0.05, 0) is 36.6 Å². The Hall–Kier alpha value is -1.94. The van der Waals surface area contributed by atoms with Gasteiger partial charge in [-0.15, -0.1) is 0 Å². The van der Waals surface area contributed by atoms with Crippen molar-refractivity contribution in [1.29, 1.82) is 0 Å². The van der Waals surface area contributed by atoms with Crippen molar-refractivity contribution in [3.8, 4) is 5.75 Å². The molecule has 1 aliphatic rings. The van der Waals surface area contributed by atoms with Crippen LogP contribution in [0.15, 0.2) is 42.5 Å². The van der Waals surface area contributed by atoms with Gasteiger partial charge in [0.25, 0.3) is 0 Å². The van der Waals surface area contributed by atoms with Gasteiger partial charge in [0.05, 0.1) is 7.11 Å². The second kappa shape index (κ2) is 6.44. The lowest BCUT2D eigenvalue weighted by molar-refractivity contribution is 0.241. The van der Waals surface area contributed by atoms with Gasteiger partial charge in [-0.2, -0.15) is 0 Å².